The number of likely N-dealkylation sites (tertiary alicyclic amines) is 1. The predicted molar refractivity (Wildman–Crippen MR) is 99.8 cm³/mol. The molecular weight excluding hydrogens is 314 g/mol. The van der Waals surface area contributed by atoms with Crippen LogP contribution in [0.1, 0.15) is 76.4 Å². The number of aromatic nitrogens is 2. The van der Waals surface area contributed by atoms with Gasteiger partial charge in [-0.3, -0.25) is 4.99 Å². The molecule has 1 aliphatic carbocycles. The van der Waals surface area contributed by atoms with Crippen molar-refractivity contribution in [2.24, 2.45) is 10.4 Å². The summed E-state index contributed by atoms with van der Waals surface area (Å²) < 4.78 is 5.30. The van der Waals surface area contributed by atoms with Crippen LogP contribution in [0.3, 0.4) is 0 Å². The second kappa shape index (κ2) is 8.19. The molecule has 1 aliphatic heterocycles. The molecule has 0 bridgehead atoms. The van der Waals surface area contributed by atoms with Gasteiger partial charge in [-0.25, -0.2) is 0 Å². The fourth-order valence-electron chi connectivity index (χ4n) is 4.20. The van der Waals surface area contributed by atoms with Gasteiger partial charge < -0.3 is 14.7 Å². The van der Waals surface area contributed by atoms with Crippen molar-refractivity contribution in [3.05, 3.63) is 11.7 Å². The van der Waals surface area contributed by atoms with Crippen LogP contribution in [0.2, 0.25) is 0 Å². The summed E-state index contributed by atoms with van der Waals surface area (Å²) in [5.41, 5.74) is 0.562. The molecule has 2 heterocycles. The molecule has 0 atom stereocenters. The standard InChI is InChI=1S/C19H33N5O/c1-15(2)17-22-16(25-23-17)8-7-12-21-18(20-3)24-13-11-19(14-24)9-5-4-6-10-19/h15H,4-14H2,1-3H3,(H,20,21). The lowest BCUT2D eigenvalue weighted by molar-refractivity contribution is 0.203. The van der Waals surface area contributed by atoms with Crippen LogP contribution in [0.5, 0.6) is 0 Å². The Hall–Kier alpha value is -1.59. The van der Waals surface area contributed by atoms with Crippen LogP contribution < -0.4 is 5.32 Å². The van der Waals surface area contributed by atoms with Gasteiger partial charge in [0.15, 0.2) is 11.8 Å². The number of hydrogen-bond acceptors (Lipinski definition) is 4. The van der Waals surface area contributed by atoms with E-state index in [2.05, 4.69) is 39.2 Å². The molecule has 3 rings (SSSR count). The molecule has 0 aromatic carbocycles. The van der Waals surface area contributed by atoms with Crippen molar-refractivity contribution in [3.8, 4) is 0 Å². The minimum atomic E-state index is 0.316. The first-order chi connectivity index (χ1) is 12.1. The maximum absolute atomic E-state index is 5.30. The van der Waals surface area contributed by atoms with Crippen LogP contribution >= 0.6 is 0 Å². The summed E-state index contributed by atoms with van der Waals surface area (Å²) in [6, 6.07) is 0. The van der Waals surface area contributed by atoms with Gasteiger partial charge in [0.1, 0.15) is 0 Å². The number of rotatable bonds is 5. The van der Waals surface area contributed by atoms with E-state index in [1.807, 2.05) is 7.05 Å². The number of nitrogens with zero attached hydrogens (tertiary/aromatic N) is 4. The third-order valence-electron chi connectivity index (χ3n) is 5.71. The zero-order chi connectivity index (χ0) is 17.7. The Morgan fingerprint density at radius 2 is 2.08 bits per heavy atom. The molecule has 2 aliphatic rings. The lowest BCUT2D eigenvalue weighted by Gasteiger charge is -2.33. The largest absolute Gasteiger partial charge is 0.356 e. The van der Waals surface area contributed by atoms with Crippen LogP contribution in [0.15, 0.2) is 9.52 Å². The van der Waals surface area contributed by atoms with E-state index < -0.39 is 0 Å². The quantitative estimate of drug-likeness (QED) is 0.502. The lowest BCUT2D eigenvalue weighted by atomic mass is 9.73. The summed E-state index contributed by atoms with van der Waals surface area (Å²) in [6.07, 6.45) is 10.1. The van der Waals surface area contributed by atoms with E-state index in [4.69, 9.17) is 4.52 Å². The van der Waals surface area contributed by atoms with Crippen molar-refractivity contribution >= 4 is 5.96 Å². The van der Waals surface area contributed by atoms with Crippen LogP contribution in [0.4, 0.5) is 0 Å². The Labute approximate surface area is 151 Å². The van der Waals surface area contributed by atoms with Gasteiger partial charge in [0.05, 0.1) is 0 Å². The fraction of sp³-hybridized carbons (Fsp3) is 0.842. The molecule has 140 valence electrons. The highest BCUT2D eigenvalue weighted by atomic mass is 16.5. The SMILES string of the molecule is CN=C(NCCCc1nc(C(C)C)no1)N1CCC2(CCCCC2)C1. The number of aliphatic imine (C=N–C) groups is 1. The topological polar surface area (TPSA) is 66.5 Å². The van der Waals surface area contributed by atoms with E-state index in [0.717, 1.165) is 43.6 Å². The molecule has 25 heavy (non-hydrogen) atoms. The highest BCUT2D eigenvalue weighted by Gasteiger charge is 2.39. The van der Waals surface area contributed by atoms with E-state index in [-0.39, 0.29) is 0 Å². The molecule has 1 N–H and O–H groups in total. The van der Waals surface area contributed by atoms with E-state index >= 15 is 0 Å². The molecule has 1 aromatic rings. The molecule has 0 amide bonds. The van der Waals surface area contributed by atoms with Crippen molar-refractivity contribution in [2.45, 2.75) is 71.1 Å². The molecule has 1 saturated heterocycles. The number of guanidine groups is 1. The molecule has 1 saturated carbocycles. The summed E-state index contributed by atoms with van der Waals surface area (Å²) in [4.78, 5) is 11.4. The molecule has 1 spiro atoms. The molecule has 1 aromatic heterocycles. The minimum absolute atomic E-state index is 0.316. The third-order valence-corrected chi connectivity index (χ3v) is 5.71. The summed E-state index contributed by atoms with van der Waals surface area (Å²) >= 11 is 0. The Morgan fingerprint density at radius 3 is 2.76 bits per heavy atom. The Kier molecular flexibility index (Phi) is 5.97. The summed E-state index contributed by atoms with van der Waals surface area (Å²) in [5.74, 6) is 2.91. The molecule has 6 nitrogen and oxygen atoms in total. The van der Waals surface area contributed by atoms with Gasteiger partial charge in [0.2, 0.25) is 5.89 Å². The van der Waals surface area contributed by atoms with Crippen molar-refractivity contribution in [1.82, 2.24) is 20.4 Å². The highest BCUT2D eigenvalue weighted by Crippen LogP contribution is 2.43. The smallest absolute Gasteiger partial charge is 0.226 e. The first-order valence-corrected chi connectivity index (χ1v) is 9.90. The average Bonchev–Trinajstić information content (AvgIpc) is 3.24. The maximum atomic E-state index is 5.30. The van der Waals surface area contributed by atoms with Crippen molar-refractivity contribution in [2.75, 3.05) is 26.7 Å². The highest BCUT2D eigenvalue weighted by molar-refractivity contribution is 5.80. The fourth-order valence-corrected chi connectivity index (χ4v) is 4.20. The normalized spacial score (nSPS) is 20.6. The second-order valence-corrected chi connectivity index (χ2v) is 8.01. The summed E-state index contributed by atoms with van der Waals surface area (Å²) in [5, 5.41) is 7.54. The summed E-state index contributed by atoms with van der Waals surface area (Å²) in [7, 11) is 1.89. The Balaban J connectivity index is 1.42. The van der Waals surface area contributed by atoms with Crippen molar-refractivity contribution in [3.63, 3.8) is 0 Å². The zero-order valence-corrected chi connectivity index (χ0v) is 16.1. The lowest BCUT2D eigenvalue weighted by Crippen LogP contribution is -2.42. The van der Waals surface area contributed by atoms with E-state index in [9.17, 15) is 0 Å². The first-order valence-electron chi connectivity index (χ1n) is 9.90. The van der Waals surface area contributed by atoms with Crippen molar-refractivity contribution in [1.29, 1.82) is 0 Å². The first kappa shape index (κ1) is 18.2. The van der Waals surface area contributed by atoms with Gasteiger partial charge >= 0.3 is 0 Å². The number of aryl methyl sites for hydroxylation is 1. The minimum Gasteiger partial charge on any atom is -0.356 e. The van der Waals surface area contributed by atoms with Crippen LogP contribution in [0, 0.1) is 5.41 Å². The molecule has 0 radical (unpaired) electrons. The van der Waals surface area contributed by atoms with Gasteiger partial charge in [-0.2, -0.15) is 4.98 Å². The molecular formula is C19H33N5O. The van der Waals surface area contributed by atoms with Gasteiger partial charge in [-0.05, 0) is 31.1 Å². The van der Waals surface area contributed by atoms with Gasteiger partial charge in [0, 0.05) is 39.0 Å². The van der Waals surface area contributed by atoms with Gasteiger partial charge in [-0.15, -0.1) is 0 Å². The van der Waals surface area contributed by atoms with Gasteiger partial charge in [-0.1, -0.05) is 38.3 Å². The third kappa shape index (κ3) is 4.53. The van der Waals surface area contributed by atoms with Gasteiger partial charge in [0.25, 0.3) is 0 Å². The molecule has 6 heteroatoms. The van der Waals surface area contributed by atoms with E-state index in [1.54, 1.807) is 0 Å². The Morgan fingerprint density at radius 1 is 1.28 bits per heavy atom. The van der Waals surface area contributed by atoms with Crippen LogP contribution in [-0.4, -0.2) is 47.7 Å². The predicted octanol–water partition coefficient (Wildman–Crippen LogP) is 3.36. The second-order valence-electron chi connectivity index (χ2n) is 8.01. The van der Waals surface area contributed by atoms with Crippen molar-refractivity contribution < 1.29 is 4.52 Å². The van der Waals surface area contributed by atoms with Crippen LogP contribution in [0.25, 0.3) is 0 Å². The maximum Gasteiger partial charge on any atom is 0.226 e. The van der Waals surface area contributed by atoms with E-state index in [1.165, 1.54) is 45.1 Å². The average molecular weight is 348 g/mol. The number of hydrogen-bond donors (Lipinski definition) is 1. The Bertz CT molecular complexity index is 574. The number of nitrogens with one attached hydrogen (secondary N) is 1. The van der Waals surface area contributed by atoms with Crippen LogP contribution in [-0.2, 0) is 6.42 Å². The van der Waals surface area contributed by atoms with E-state index in [0.29, 0.717) is 11.3 Å². The monoisotopic (exact) mass is 347 g/mol. The summed E-state index contributed by atoms with van der Waals surface area (Å²) in [6.45, 7) is 7.36. The zero-order valence-electron chi connectivity index (χ0n) is 16.1. The molecule has 2 fully saturated rings. The molecule has 0 unspecified atom stereocenters.